The van der Waals surface area contributed by atoms with Gasteiger partial charge in [-0.05, 0) is 33.2 Å². The number of carbonyl (C=O) groups is 1. The molecule has 1 heterocycles. The highest BCUT2D eigenvalue weighted by molar-refractivity contribution is 5.82. The molecule has 0 radical (unpaired) electrons. The van der Waals surface area contributed by atoms with Crippen LogP contribution in [0.1, 0.15) is 26.7 Å². The molecule has 1 unspecified atom stereocenters. The van der Waals surface area contributed by atoms with Crippen LogP contribution in [0, 0.1) is 5.41 Å². The molecule has 0 spiro atoms. The average molecular weight is 214 g/mol. The van der Waals surface area contributed by atoms with E-state index in [1.807, 2.05) is 13.8 Å². The van der Waals surface area contributed by atoms with Crippen LogP contribution in [0.5, 0.6) is 0 Å². The Balaban J connectivity index is 2.62. The van der Waals surface area contributed by atoms with Crippen molar-refractivity contribution in [3.05, 3.63) is 0 Å². The number of nitrogens with zero attached hydrogens (tertiary/aromatic N) is 1. The number of amides is 1. The highest BCUT2D eigenvalue weighted by atomic mass is 16.3. The molecule has 1 fully saturated rings. The second kappa shape index (κ2) is 5.47. The fourth-order valence-electron chi connectivity index (χ4n) is 2.14. The number of hydrogen-bond donors (Lipinski definition) is 2. The lowest BCUT2D eigenvalue weighted by Gasteiger charge is -2.36. The van der Waals surface area contributed by atoms with Gasteiger partial charge in [0.1, 0.15) is 0 Å². The van der Waals surface area contributed by atoms with Crippen molar-refractivity contribution >= 4 is 5.91 Å². The maximum atomic E-state index is 12.2. The summed E-state index contributed by atoms with van der Waals surface area (Å²) in [5.41, 5.74) is -0.274. The van der Waals surface area contributed by atoms with Crippen LogP contribution < -0.4 is 5.32 Å². The molecule has 2 N–H and O–H groups in total. The number of nitrogens with one attached hydrogen (secondary N) is 1. The van der Waals surface area contributed by atoms with Crippen molar-refractivity contribution in [2.24, 2.45) is 5.41 Å². The Morgan fingerprint density at radius 1 is 1.60 bits per heavy atom. The first kappa shape index (κ1) is 12.5. The van der Waals surface area contributed by atoms with Crippen molar-refractivity contribution in [2.75, 3.05) is 32.8 Å². The van der Waals surface area contributed by atoms with Gasteiger partial charge in [0.15, 0.2) is 0 Å². The van der Waals surface area contributed by atoms with Gasteiger partial charge in [0.25, 0.3) is 0 Å². The Morgan fingerprint density at radius 2 is 2.33 bits per heavy atom. The first-order chi connectivity index (χ1) is 7.14. The molecule has 4 heteroatoms. The fraction of sp³-hybridized carbons (Fsp3) is 0.909. The van der Waals surface area contributed by atoms with E-state index >= 15 is 0 Å². The quantitative estimate of drug-likeness (QED) is 0.704. The Bertz CT molecular complexity index is 213. The van der Waals surface area contributed by atoms with Crippen molar-refractivity contribution in [3.8, 4) is 0 Å². The molecule has 0 aliphatic carbocycles. The number of piperidine rings is 1. The Hall–Kier alpha value is -0.610. The van der Waals surface area contributed by atoms with Gasteiger partial charge < -0.3 is 15.3 Å². The predicted molar refractivity (Wildman–Crippen MR) is 59.6 cm³/mol. The topological polar surface area (TPSA) is 52.6 Å². The highest BCUT2D eigenvalue weighted by Crippen LogP contribution is 2.27. The molecule has 1 saturated heterocycles. The van der Waals surface area contributed by atoms with Gasteiger partial charge in [-0.1, -0.05) is 0 Å². The SMILES string of the molecule is CCN(CCO)C(=O)C1(C)CCCNC1. The molecule has 15 heavy (non-hydrogen) atoms. The van der Waals surface area contributed by atoms with Gasteiger partial charge in [-0.15, -0.1) is 0 Å². The molecule has 0 aromatic heterocycles. The Kier molecular flexibility index (Phi) is 4.54. The van der Waals surface area contributed by atoms with E-state index in [1.54, 1.807) is 4.90 Å². The zero-order valence-corrected chi connectivity index (χ0v) is 9.75. The van der Waals surface area contributed by atoms with Crippen LogP contribution in [0.2, 0.25) is 0 Å². The van der Waals surface area contributed by atoms with Gasteiger partial charge in [0, 0.05) is 19.6 Å². The van der Waals surface area contributed by atoms with E-state index in [4.69, 9.17) is 5.11 Å². The molecule has 1 amide bonds. The third-order valence-electron chi connectivity index (χ3n) is 3.15. The monoisotopic (exact) mass is 214 g/mol. The maximum absolute atomic E-state index is 12.2. The minimum atomic E-state index is -0.274. The molecule has 0 aromatic carbocycles. The summed E-state index contributed by atoms with van der Waals surface area (Å²) in [5, 5.41) is 12.2. The van der Waals surface area contributed by atoms with Gasteiger partial charge in [0.05, 0.1) is 12.0 Å². The van der Waals surface area contributed by atoms with Crippen LogP contribution in [0.3, 0.4) is 0 Å². The number of aliphatic hydroxyl groups excluding tert-OH is 1. The van der Waals surface area contributed by atoms with Crippen molar-refractivity contribution in [1.82, 2.24) is 10.2 Å². The molecular formula is C11H22N2O2. The third-order valence-corrected chi connectivity index (χ3v) is 3.15. The first-order valence-corrected chi connectivity index (χ1v) is 5.75. The molecule has 1 atom stereocenters. The zero-order valence-electron chi connectivity index (χ0n) is 9.75. The summed E-state index contributed by atoms with van der Waals surface area (Å²) in [6, 6.07) is 0. The molecule has 1 rings (SSSR count). The molecular weight excluding hydrogens is 192 g/mol. The van der Waals surface area contributed by atoms with E-state index in [0.717, 1.165) is 25.9 Å². The summed E-state index contributed by atoms with van der Waals surface area (Å²) in [6.07, 6.45) is 2.00. The van der Waals surface area contributed by atoms with Crippen LogP contribution in [0.25, 0.3) is 0 Å². The summed E-state index contributed by atoms with van der Waals surface area (Å²) < 4.78 is 0. The molecule has 0 aromatic rings. The van der Waals surface area contributed by atoms with Gasteiger partial charge in [0.2, 0.25) is 5.91 Å². The lowest BCUT2D eigenvalue weighted by atomic mass is 9.81. The lowest BCUT2D eigenvalue weighted by molar-refractivity contribution is -0.142. The van der Waals surface area contributed by atoms with Gasteiger partial charge in [-0.3, -0.25) is 4.79 Å². The van der Waals surface area contributed by atoms with Crippen molar-refractivity contribution < 1.29 is 9.90 Å². The summed E-state index contributed by atoms with van der Waals surface area (Å²) in [4.78, 5) is 14.0. The Labute approximate surface area is 91.6 Å². The molecule has 0 bridgehead atoms. The summed E-state index contributed by atoms with van der Waals surface area (Å²) in [6.45, 7) is 6.90. The second-order valence-corrected chi connectivity index (χ2v) is 4.45. The summed E-state index contributed by atoms with van der Waals surface area (Å²) >= 11 is 0. The first-order valence-electron chi connectivity index (χ1n) is 5.75. The van der Waals surface area contributed by atoms with E-state index in [1.165, 1.54) is 0 Å². The van der Waals surface area contributed by atoms with E-state index in [0.29, 0.717) is 13.1 Å². The molecule has 4 nitrogen and oxygen atoms in total. The Morgan fingerprint density at radius 3 is 2.80 bits per heavy atom. The highest BCUT2D eigenvalue weighted by Gasteiger charge is 2.36. The van der Waals surface area contributed by atoms with Gasteiger partial charge in [-0.2, -0.15) is 0 Å². The van der Waals surface area contributed by atoms with E-state index in [2.05, 4.69) is 5.32 Å². The predicted octanol–water partition coefficient (Wildman–Crippen LogP) is 0.217. The minimum absolute atomic E-state index is 0.0447. The number of carbonyl (C=O) groups excluding carboxylic acids is 1. The normalized spacial score (nSPS) is 26.3. The summed E-state index contributed by atoms with van der Waals surface area (Å²) in [7, 11) is 0. The molecule has 0 saturated carbocycles. The van der Waals surface area contributed by atoms with Crippen molar-refractivity contribution in [1.29, 1.82) is 0 Å². The van der Waals surface area contributed by atoms with Crippen LogP contribution in [-0.2, 0) is 4.79 Å². The maximum Gasteiger partial charge on any atom is 0.229 e. The molecule has 1 aliphatic rings. The zero-order chi connectivity index (χ0) is 11.3. The second-order valence-electron chi connectivity index (χ2n) is 4.45. The average Bonchev–Trinajstić information content (AvgIpc) is 2.26. The van der Waals surface area contributed by atoms with E-state index in [9.17, 15) is 4.79 Å². The standard InChI is InChI=1S/C11H22N2O2/c1-3-13(7-8-14)10(15)11(2)5-4-6-12-9-11/h12,14H,3-9H2,1-2H3. The van der Waals surface area contributed by atoms with Crippen molar-refractivity contribution in [2.45, 2.75) is 26.7 Å². The van der Waals surface area contributed by atoms with Crippen molar-refractivity contribution in [3.63, 3.8) is 0 Å². The van der Waals surface area contributed by atoms with Crippen LogP contribution in [0.4, 0.5) is 0 Å². The fourth-order valence-corrected chi connectivity index (χ4v) is 2.14. The smallest absolute Gasteiger partial charge is 0.229 e. The lowest BCUT2D eigenvalue weighted by Crippen LogP contribution is -2.50. The van der Waals surface area contributed by atoms with E-state index in [-0.39, 0.29) is 17.9 Å². The third kappa shape index (κ3) is 2.92. The number of hydrogen-bond acceptors (Lipinski definition) is 3. The molecule has 1 aliphatic heterocycles. The largest absolute Gasteiger partial charge is 0.395 e. The number of likely N-dealkylation sites (N-methyl/N-ethyl adjacent to an activating group) is 1. The number of aliphatic hydroxyl groups is 1. The van der Waals surface area contributed by atoms with Gasteiger partial charge in [-0.25, -0.2) is 0 Å². The van der Waals surface area contributed by atoms with Gasteiger partial charge >= 0.3 is 0 Å². The summed E-state index contributed by atoms with van der Waals surface area (Å²) in [5.74, 6) is 0.172. The van der Waals surface area contributed by atoms with Crippen LogP contribution >= 0.6 is 0 Å². The van der Waals surface area contributed by atoms with Crippen LogP contribution in [0.15, 0.2) is 0 Å². The van der Waals surface area contributed by atoms with E-state index < -0.39 is 0 Å². The van der Waals surface area contributed by atoms with Crippen LogP contribution in [-0.4, -0.2) is 48.7 Å². The minimum Gasteiger partial charge on any atom is -0.395 e. The number of rotatable bonds is 4. The molecule has 88 valence electrons.